The number of hydrogen-bond donors (Lipinski definition) is 0. The molecular weight excluding hydrogens is 400 g/mol. The highest BCUT2D eigenvalue weighted by molar-refractivity contribution is 5.96. The Morgan fingerprint density at radius 2 is 1.19 bits per heavy atom. The van der Waals surface area contributed by atoms with E-state index in [4.69, 9.17) is 28.4 Å². The van der Waals surface area contributed by atoms with Crippen molar-refractivity contribution in [2.75, 3.05) is 66.1 Å². The Balaban J connectivity index is 1.91. The Morgan fingerprint density at radius 1 is 0.677 bits per heavy atom. The van der Waals surface area contributed by atoms with Gasteiger partial charge in [-0.3, -0.25) is 4.79 Å². The first-order chi connectivity index (χ1) is 15.3. The standard InChI is InChI=1S/C24H38O7/c1-2-3-4-5-6-7-22(25)21-8-9-23-24(20-21)31-19-17-29-15-13-27-11-10-26-12-14-28-16-18-30-23/h8-9,20H,2-7,10-19H2,1H3. The summed E-state index contributed by atoms with van der Waals surface area (Å²) in [6, 6.07) is 5.39. The van der Waals surface area contributed by atoms with Crippen LogP contribution in [-0.2, 0) is 18.9 Å². The van der Waals surface area contributed by atoms with Gasteiger partial charge in [0.15, 0.2) is 17.3 Å². The molecule has 31 heavy (non-hydrogen) atoms. The van der Waals surface area contributed by atoms with Gasteiger partial charge in [0.2, 0.25) is 0 Å². The molecule has 0 aromatic heterocycles. The molecule has 0 N–H and O–H groups in total. The predicted octanol–water partition coefficient (Wildman–Crippen LogP) is 4.07. The number of unbranched alkanes of at least 4 members (excludes halogenated alkanes) is 4. The molecule has 1 aliphatic rings. The summed E-state index contributed by atoms with van der Waals surface area (Å²) in [6.07, 6.45) is 6.18. The minimum absolute atomic E-state index is 0.138. The van der Waals surface area contributed by atoms with E-state index >= 15 is 0 Å². The van der Waals surface area contributed by atoms with Crippen molar-refractivity contribution in [3.8, 4) is 11.5 Å². The highest BCUT2D eigenvalue weighted by atomic mass is 16.6. The number of benzene rings is 1. The molecule has 0 amide bonds. The lowest BCUT2D eigenvalue weighted by atomic mass is 10.0. The summed E-state index contributed by atoms with van der Waals surface area (Å²) in [4.78, 5) is 12.6. The van der Waals surface area contributed by atoms with Crippen molar-refractivity contribution in [1.29, 1.82) is 0 Å². The molecule has 176 valence electrons. The normalized spacial score (nSPS) is 17.5. The van der Waals surface area contributed by atoms with E-state index in [2.05, 4.69) is 6.92 Å². The Morgan fingerprint density at radius 3 is 1.77 bits per heavy atom. The van der Waals surface area contributed by atoms with Crippen LogP contribution in [0.15, 0.2) is 18.2 Å². The zero-order chi connectivity index (χ0) is 22.0. The second-order valence-electron chi connectivity index (χ2n) is 7.40. The summed E-state index contributed by atoms with van der Waals surface area (Å²) >= 11 is 0. The zero-order valence-corrected chi connectivity index (χ0v) is 18.9. The molecule has 1 aromatic carbocycles. The predicted molar refractivity (Wildman–Crippen MR) is 118 cm³/mol. The number of carbonyl (C=O) groups is 1. The maximum absolute atomic E-state index is 12.6. The van der Waals surface area contributed by atoms with Crippen molar-refractivity contribution >= 4 is 5.78 Å². The van der Waals surface area contributed by atoms with Gasteiger partial charge in [-0.2, -0.15) is 0 Å². The molecule has 0 spiro atoms. The number of fused-ring (bicyclic) bond motifs is 1. The summed E-state index contributed by atoms with van der Waals surface area (Å²) in [6.45, 7) is 6.91. The third-order valence-corrected chi connectivity index (χ3v) is 4.86. The molecule has 0 radical (unpaired) electrons. The fourth-order valence-electron chi connectivity index (χ4n) is 3.13. The molecule has 0 bridgehead atoms. The molecule has 1 heterocycles. The van der Waals surface area contributed by atoms with Gasteiger partial charge < -0.3 is 28.4 Å². The van der Waals surface area contributed by atoms with Crippen LogP contribution >= 0.6 is 0 Å². The maximum atomic E-state index is 12.6. The summed E-state index contributed by atoms with van der Waals surface area (Å²) in [7, 11) is 0. The SMILES string of the molecule is CCCCCCCC(=O)c1ccc2c(c1)OCCOCCOCCOCCOCCO2. The summed E-state index contributed by atoms with van der Waals surface area (Å²) in [5.74, 6) is 1.30. The van der Waals surface area contributed by atoms with Crippen LogP contribution in [0.5, 0.6) is 11.5 Å². The van der Waals surface area contributed by atoms with E-state index in [1.54, 1.807) is 12.1 Å². The smallest absolute Gasteiger partial charge is 0.163 e. The van der Waals surface area contributed by atoms with E-state index in [-0.39, 0.29) is 5.78 Å². The van der Waals surface area contributed by atoms with E-state index in [1.165, 1.54) is 19.3 Å². The first-order valence-electron chi connectivity index (χ1n) is 11.5. The molecule has 2 rings (SSSR count). The highest BCUT2D eigenvalue weighted by Gasteiger charge is 2.12. The van der Waals surface area contributed by atoms with Gasteiger partial charge in [-0.25, -0.2) is 0 Å². The number of hydrogen-bond acceptors (Lipinski definition) is 7. The Kier molecular flexibility index (Phi) is 14.0. The van der Waals surface area contributed by atoms with Gasteiger partial charge in [-0.15, -0.1) is 0 Å². The number of ketones is 1. The van der Waals surface area contributed by atoms with Crippen LogP contribution in [0, 0.1) is 0 Å². The second kappa shape index (κ2) is 17.0. The van der Waals surface area contributed by atoms with Crippen molar-refractivity contribution in [2.45, 2.75) is 45.4 Å². The molecule has 1 aromatic rings. The van der Waals surface area contributed by atoms with Crippen LogP contribution in [0.3, 0.4) is 0 Å². The maximum Gasteiger partial charge on any atom is 0.163 e. The van der Waals surface area contributed by atoms with Crippen LogP contribution in [0.1, 0.15) is 55.8 Å². The van der Waals surface area contributed by atoms with Crippen molar-refractivity contribution in [3.63, 3.8) is 0 Å². The van der Waals surface area contributed by atoms with Gasteiger partial charge in [-0.1, -0.05) is 32.6 Å². The first kappa shape index (κ1) is 25.6. The lowest BCUT2D eigenvalue weighted by molar-refractivity contribution is -0.00842. The van der Waals surface area contributed by atoms with Crippen LogP contribution in [0.4, 0.5) is 0 Å². The van der Waals surface area contributed by atoms with Crippen molar-refractivity contribution in [3.05, 3.63) is 23.8 Å². The number of rotatable bonds is 7. The molecule has 0 unspecified atom stereocenters. The number of Topliss-reactive ketones (excluding diaryl/α,β-unsaturated/α-hetero) is 1. The van der Waals surface area contributed by atoms with Crippen molar-refractivity contribution < 1.29 is 33.2 Å². The molecule has 0 aliphatic carbocycles. The molecule has 0 saturated carbocycles. The minimum Gasteiger partial charge on any atom is -0.487 e. The molecule has 1 aliphatic heterocycles. The minimum atomic E-state index is 0.138. The molecule has 7 heteroatoms. The molecule has 0 saturated heterocycles. The van der Waals surface area contributed by atoms with Crippen LogP contribution in [0.25, 0.3) is 0 Å². The highest BCUT2D eigenvalue weighted by Crippen LogP contribution is 2.29. The second-order valence-corrected chi connectivity index (χ2v) is 7.40. The average molecular weight is 439 g/mol. The average Bonchev–Trinajstić information content (AvgIpc) is 2.78. The number of ether oxygens (including phenoxy) is 6. The zero-order valence-electron chi connectivity index (χ0n) is 18.9. The van der Waals surface area contributed by atoms with Gasteiger partial charge >= 0.3 is 0 Å². The van der Waals surface area contributed by atoms with Gasteiger partial charge in [0.05, 0.1) is 52.9 Å². The third-order valence-electron chi connectivity index (χ3n) is 4.86. The molecular formula is C24H38O7. The van der Waals surface area contributed by atoms with E-state index < -0.39 is 0 Å². The summed E-state index contributed by atoms with van der Waals surface area (Å²) in [5.41, 5.74) is 0.655. The monoisotopic (exact) mass is 438 g/mol. The lowest BCUT2D eigenvalue weighted by Gasteiger charge is -2.15. The topological polar surface area (TPSA) is 72.5 Å². The summed E-state index contributed by atoms with van der Waals surface area (Å²) < 4.78 is 33.6. The largest absolute Gasteiger partial charge is 0.487 e. The third kappa shape index (κ3) is 11.5. The first-order valence-corrected chi connectivity index (χ1v) is 11.5. The fraction of sp³-hybridized carbons (Fsp3) is 0.708. The van der Waals surface area contributed by atoms with Gasteiger partial charge in [0.25, 0.3) is 0 Å². The Hall–Kier alpha value is -1.67. The lowest BCUT2D eigenvalue weighted by Crippen LogP contribution is -2.16. The van der Waals surface area contributed by atoms with Gasteiger partial charge in [0, 0.05) is 12.0 Å². The fourth-order valence-corrected chi connectivity index (χ4v) is 3.13. The van der Waals surface area contributed by atoms with E-state index in [0.717, 1.165) is 12.8 Å². The molecule has 0 fully saturated rings. The van der Waals surface area contributed by atoms with Gasteiger partial charge in [0.1, 0.15) is 13.2 Å². The van der Waals surface area contributed by atoms with Gasteiger partial charge in [-0.05, 0) is 24.6 Å². The van der Waals surface area contributed by atoms with Crippen LogP contribution in [0.2, 0.25) is 0 Å². The van der Waals surface area contributed by atoms with Crippen LogP contribution in [-0.4, -0.2) is 71.9 Å². The van der Waals surface area contributed by atoms with E-state index in [0.29, 0.717) is 89.6 Å². The quantitative estimate of drug-likeness (QED) is 0.469. The summed E-state index contributed by atoms with van der Waals surface area (Å²) in [5, 5.41) is 0. The van der Waals surface area contributed by atoms with Crippen LogP contribution < -0.4 is 9.47 Å². The van der Waals surface area contributed by atoms with E-state index in [1.807, 2.05) is 6.07 Å². The molecule has 7 nitrogen and oxygen atoms in total. The Labute approximate surface area is 186 Å². The number of carbonyl (C=O) groups excluding carboxylic acids is 1. The van der Waals surface area contributed by atoms with Crippen molar-refractivity contribution in [1.82, 2.24) is 0 Å². The Bertz CT molecular complexity index is 606. The van der Waals surface area contributed by atoms with E-state index in [9.17, 15) is 4.79 Å². The van der Waals surface area contributed by atoms with Crippen molar-refractivity contribution in [2.24, 2.45) is 0 Å². The molecule has 0 atom stereocenters.